The first-order chi connectivity index (χ1) is 4.73. The predicted octanol–water partition coefficient (Wildman–Crippen LogP) is -3.76. The van der Waals surface area contributed by atoms with Crippen LogP contribution in [0.2, 0.25) is 0 Å². The minimum absolute atomic E-state index is 1.14. The summed E-state index contributed by atoms with van der Waals surface area (Å²) in [5, 5.41) is 6.44. The fraction of sp³-hybridized carbons (Fsp3) is 1.00. The van der Waals surface area contributed by atoms with Crippen molar-refractivity contribution in [2.24, 2.45) is 0 Å². The largest absolute Gasteiger partial charge is 0.433 e. The van der Waals surface area contributed by atoms with E-state index in [-0.39, 0.29) is 0 Å². The molecule has 0 aromatic carbocycles. The van der Waals surface area contributed by atoms with E-state index >= 15 is 0 Å². The number of hydrogen-bond donors (Lipinski definition) is 3. The van der Waals surface area contributed by atoms with Gasteiger partial charge in [-0.05, 0) is 4.20 Å². The van der Waals surface area contributed by atoms with Gasteiger partial charge in [0.2, 0.25) is 0 Å². The average Bonchev–Trinajstić information content (AvgIpc) is 1.90. The molecule has 1 aliphatic heterocycles. The monoisotopic (exact) mass is 214 g/mol. The molecular formula is C4H11BrN2O3. The second-order valence-corrected chi connectivity index (χ2v) is 2.54. The molecule has 0 aromatic rings. The molecule has 1 heterocycles. The zero-order valence-electron chi connectivity index (χ0n) is 5.47. The van der Waals surface area contributed by atoms with Crippen LogP contribution in [0.4, 0.5) is 0 Å². The van der Waals surface area contributed by atoms with Crippen molar-refractivity contribution in [3.8, 4) is 0 Å². The van der Waals surface area contributed by atoms with Gasteiger partial charge in [0.05, 0.1) is 0 Å². The summed E-state index contributed by atoms with van der Waals surface area (Å²) in [6.45, 7) is 4.56. The molecular weight excluding hydrogens is 204 g/mol. The minimum atomic E-state index is -3.40. The number of nitrogens with one attached hydrogen (secondary N) is 2. The number of piperazine rings is 1. The Bertz CT molecular complexity index is 55.3. The highest BCUT2D eigenvalue weighted by molar-refractivity contribution is 4.59. The molecule has 0 aromatic heterocycles. The molecule has 1 saturated heterocycles. The Balaban J connectivity index is 0.000000180. The third-order valence-electron chi connectivity index (χ3n) is 0.957. The van der Waals surface area contributed by atoms with Crippen molar-refractivity contribution >= 4 is 0 Å². The molecule has 1 aliphatic rings. The van der Waals surface area contributed by atoms with Gasteiger partial charge in [-0.25, -0.2) is 0 Å². The van der Waals surface area contributed by atoms with Crippen LogP contribution >= 0.6 is 0 Å². The Morgan fingerprint density at radius 2 is 1.20 bits per heavy atom. The van der Waals surface area contributed by atoms with Gasteiger partial charge in [0.1, 0.15) is 0 Å². The van der Waals surface area contributed by atoms with Gasteiger partial charge >= 0.3 is 14.8 Å². The Morgan fingerprint density at radius 1 is 1.00 bits per heavy atom. The lowest BCUT2D eigenvalue weighted by molar-refractivity contribution is -1.63. The van der Waals surface area contributed by atoms with Crippen LogP contribution in [-0.4, -0.2) is 30.4 Å². The highest BCUT2D eigenvalue weighted by Crippen LogP contribution is 1.65. The lowest BCUT2D eigenvalue weighted by Gasteiger charge is -2.11. The van der Waals surface area contributed by atoms with Crippen molar-refractivity contribution in [2.75, 3.05) is 26.2 Å². The summed E-state index contributed by atoms with van der Waals surface area (Å²) in [6, 6.07) is 0. The minimum Gasteiger partial charge on any atom is -0.372 e. The van der Waals surface area contributed by atoms with E-state index in [1.54, 1.807) is 0 Å². The van der Waals surface area contributed by atoms with Crippen molar-refractivity contribution in [2.45, 2.75) is 0 Å². The molecule has 1 fully saturated rings. The van der Waals surface area contributed by atoms with Gasteiger partial charge in [0, 0.05) is 26.2 Å². The number of halogens is 1. The normalized spacial score (nSPS) is 18.0. The third-order valence-corrected chi connectivity index (χ3v) is 0.957. The molecule has 0 unspecified atom stereocenters. The molecule has 5 nitrogen and oxygen atoms in total. The van der Waals surface area contributed by atoms with E-state index in [1.165, 1.54) is 0 Å². The number of rotatable bonds is 0. The first kappa shape index (κ1) is 10.3. The Morgan fingerprint density at radius 3 is 1.30 bits per heavy atom. The maximum absolute atomic E-state index is 8.63. The lowest BCUT2D eigenvalue weighted by Crippen LogP contribution is -2.39. The summed E-state index contributed by atoms with van der Waals surface area (Å²) in [7, 11) is 0. The van der Waals surface area contributed by atoms with Gasteiger partial charge < -0.3 is 19.0 Å². The van der Waals surface area contributed by atoms with Crippen LogP contribution in [0.1, 0.15) is 0 Å². The molecule has 62 valence electrons. The average molecular weight is 215 g/mol. The van der Waals surface area contributed by atoms with E-state index in [0.717, 1.165) is 26.2 Å². The van der Waals surface area contributed by atoms with E-state index in [1.807, 2.05) is 0 Å². The molecule has 3 N–H and O–H groups in total. The van der Waals surface area contributed by atoms with Crippen molar-refractivity contribution in [3.05, 3.63) is 0 Å². The molecule has 1 rings (SSSR count). The van der Waals surface area contributed by atoms with Gasteiger partial charge in [-0.3, -0.25) is 0 Å². The first-order valence-corrected chi connectivity index (χ1v) is 4.90. The standard InChI is InChI=1S/C4H10N2.BrHO3/c1-2-6-4-3-5-1;2-1(3)4/h5-6H,1-4H2;2H. The van der Waals surface area contributed by atoms with Gasteiger partial charge in [0.15, 0.2) is 0 Å². The van der Waals surface area contributed by atoms with Crippen LogP contribution < -0.4 is 19.0 Å². The van der Waals surface area contributed by atoms with Gasteiger partial charge in [-0.1, -0.05) is 0 Å². The smallest absolute Gasteiger partial charge is 0.372 e. The summed E-state index contributed by atoms with van der Waals surface area (Å²) in [5.74, 6) is 0. The summed E-state index contributed by atoms with van der Waals surface area (Å²) in [4.78, 5) is 0. The molecule has 0 radical (unpaired) electrons. The highest BCUT2D eigenvalue weighted by Gasteiger charge is 1.91. The van der Waals surface area contributed by atoms with Crippen LogP contribution in [-0.2, 0) is 0 Å². The van der Waals surface area contributed by atoms with E-state index in [4.69, 9.17) is 12.6 Å². The number of hydrogen-bond acceptors (Lipinski definition) is 5. The Kier molecular flexibility index (Phi) is 7.59. The maximum Gasteiger partial charge on any atom is 0.433 e. The SMILES string of the molecule is C1CNCCN1.[O-][Br+2]([O-])O. The molecule has 0 spiro atoms. The second-order valence-electron chi connectivity index (χ2n) is 1.70. The zero-order valence-corrected chi connectivity index (χ0v) is 7.06. The van der Waals surface area contributed by atoms with Gasteiger partial charge in [-0.15, -0.1) is 0 Å². The molecule has 0 saturated carbocycles. The summed E-state index contributed by atoms with van der Waals surface area (Å²) < 4.78 is 24.3. The van der Waals surface area contributed by atoms with Crippen LogP contribution in [0.15, 0.2) is 0 Å². The Labute approximate surface area is 64.9 Å². The molecule has 0 aliphatic carbocycles. The lowest BCUT2D eigenvalue weighted by atomic mass is 10.4. The van der Waals surface area contributed by atoms with Crippen LogP contribution in [0.25, 0.3) is 0 Å². The molecule has 0 atom stereocenters. The molecule has 0 amide bonds. The molecule has 10 heavy (non-hydrogen) atoms. The van der Waals surface area contributed by atoms with E-state index < -0.39 is 14.8 Å². The van der Waals surface area contributed by atoms with Crippen LogP contribution in [0.3, 0.4) is 0 Å². The highest BCUT2D eigenvalue weighted by atomic mass is 80.0. The molecule has 6 heteroatoms. The summed E-state index contributed by atoms with van der Waals surface area (Å²) in [6.07, 6.45) is 0. The topological polar surface area (TPSA) is 90.4 Å². The van der Waals surface area contributed by atoms with Crippen molar-refractivity contribution in [3.63, 3.8) is 0 Å². The predicted molar refractivity (Wildman–Crippen MR) is 28.0 cm³/mol. The van der Waals surface area contributed by atoms with Crippen molar-refractivity contribution < 1.29 is 27.4 Å². The molecule has 0 bridgehead atoms. The maximum atomic E-state index is 8.63. The van der Waals surface area contributed by atoms with Crippen molar-refractivity contribution in [1.29, 1.82) is 0 Å². The summed E-state index contributed by atoms with van der Waals surface area (Å²) in [5.41, 5.74) is 0. The van der Waals surface area contributed by atoms with Gasteiger partial charge in [-0.2, -0.15) is 0 Å². The fourth-order valence-corrected chi connectivity index (χ4v) is 0.604. The fourth-order valence-electron chi connectivity index (χ4n) is 0.604. The second kappa shape index (κ2) is 7.39. The van der Waals surface area contributed by atoms with Crippen LogP contribution in [0.5, 0.6) is 0 Å². The van der Waals surface area contributed by atoms with E-state index in [9.17, 15) is 0 Å². The van der Waals surface area contributed by atoms with Crippen LogP contribution in [0, 0.1) is 14.8 Å². The van der Waals surface area contributed by atoms with Crippen molar-refractivity contribution in [1.82, 2.24) is 10.6 Å². The Hall–Kier alpha value is 0.280. The third kappa shape index (κ3) is 11.1. The van der Waals surface area contributed by atoms with E-state index in [0.29, 0.717) is 0 Å². The summed E-state index contributed by atoms with van der Waals surface area (Å²) >= 11 is -3.40. The van der Waals surface area contributed by atoms with Gasteiger partial charge in [0.25, 0.3) is 0 Å². The quantitative estimate of drug-likeness (QED) is 0.386. The van der Waals surface area contributed by atoms with E-state index in [2.05, 4.69) is 10.6 Å². The first-order valence-electron chi connectivity index (χ1n) is 2.89. The zero-order chi connectivity index (χ0) is 7.82.